The highest BCUT2D eigenvalue weighted by Gasteiger charge is 2.30. The zero-order valence-corrected chi connectivity index (χ0v) is 16.2. The number of carboxylic acids is 2. The van der Waals surface area contributed by atoms with Gasteiger partial charge in [-0.1, -0.05) is 35.9 Å². The normalized spacial score (nSPS) is 11.6. The van der Waals surface area contributed by atoms with Crippen LogP contribution in [0.4, 0.5) is 18.9 Å². The van der Waals surface area contributed by atoms with Gasteiger partial charge >= 0.3 is 18.1 Å². The fourth-order valence-electron chi connectivity index (χ4n) is 2.09. The number of carbonyl (C=O) groups excluding carboxylic acids is 1. The van der Waals surface area contributed by atoms with Crippen LogP contribution in [-0.4, -0.2) is 34.1 Å². The van der Waals surface area contributed by atoms with E-state index in [1.165, 1.54) is 12.1 Å². The third-order valence-corrected chi connectivity index (χ3v) is 3.77. The Morgan fingerprint density at radius 1 is 1.00 bits per heavy atom. The molecule has 0 aliphatic rings. The van der Waals surface area contributed by atoms with Crippen molar-refractivity contribution in [3.63, 3.8) is 0 Å². The first kappa shape index (κ1) is 24.6. The molecule has 0 saturated carbocycles. The van der Waals surface area contributed by atoms with Crippen molar-refractivity contribution in [2.75, 3.05) is 5.32 Å². The molecule has 2 aromatic carbocycles. The Bertz CT molecular complexity index is 871. The number of carboxylic acid groups (broad SMARTS) is 2. The summed E-state index contributed by atoms with van der Waals surface area (Å²) in [5.74, 6) is -4.04. The van der Waals surface area contributed by atoms with E-state index in [-0.39, 0.29) is 11.6 Å². The minimum atomic E-state index is -4.43. The van der Waals surface area contributed by atoms with Crippen molar-refractivity contribution in [1.29, 1.82) is 0 Å². The van der Waals surface area contributed by atoms with Crippen LogP contribution >= 0.6 is 0 Å². The topological polar surface area (TPSA) is 116 Å². The van der Waals surface area contributed by atoms with E-state index >= 15 is 0 Å². The minimum Gasteiger partial charge on any atom is -0.473 e. The second-order valence-corrected chi connectivity index (χ2v) is 6.27. The summed E-state index contributed by atoms with van der Waals surface area (Å²) in [7, 11) is 0. The summed E-state index contributed by atoms with van der Waals surface area (Å²) in [5, 5.41) is 20.3. The summed E-state index contributed by atoms with van der Waals surface area (Å²) in [6, 6.07) is 11.9. The average molecular weight is 426 g/mol. The molecule has 1 atom stereocenters. The highest BCUT2D eigenvalue weighted by Crippen LogP contribution is 2.30. The number of benzene rings is 2. The van der Waals surface area contributed by atoms with Crippen LogP contribution in [0.15, 0.2) is 48.5 Å². The maximum absolute atomic E-state index is 12.7. The Labute approximate surface area is 170 Å². The summed E-state index contributed by atoms with van der Waals surface area (Å²) in [6.07, 6.45) is -4.43. The zero-order chi connectivity index (χ0) is 22.9. The van der Waals surface area contributed by atoms with Gasteiger partial charge in [0.15, 0.2) is 0 Å². The third-order valence-electron chi connectivity index (χ3n) is 3.77. The molecule has 0 aliphatic heterocycles. The van der Waals surface area contributed by atoms with Crippen LogP contribution < -0.4 is 10.6 Å². The summed E-state index contributed by atoms with van der Waals surface area (Å²) in [6.45, 7) is 4.15. The summed E-state index contributed by atoms with van der Waals surface area (Å²) < 4.78 is 38.0. The maximum Gasteiger partial charge on any atom is 0.416 e. The molecule has 0 aromatic heterocycles. The molecule has 7 nitrogen and oxygen atoms in total. The predicted octanol–water partition coefficient (Wildman–Crippen LogP) is 3.29. The van der Waals surface area contributed by atoms with Gasteiger partial charge in [0.1, 0.15) is 0 Å². The van der Waals surface area contributed by atoms with Crippen LogP contribution in [-0.2, 0) is 27.1 Å². The van der Waals surface area contributed by atoms with Gasteiger partial charge in [-0.05, 0) is 37.6 Å². The molecule has 162 valence electrons. The van der Waals surface area contributed by atoms with Gasteiger partial charge in [-0.25, -0.2) is 9.59 Å². The van der Waals surface area contributed by atoms with Crippen LogP contribution in [0, 0.1) is 6.92 Å². The van der Waals surface area contributed by atoms with Gasteiger partial charge in [0.2, 0.25) is 5.91 Å². The second-order valence-electron chi connectivity index (χ2n) is 6.27. The van der Waals surface area contributed by atoms with Crippen LogP contribution in [0.2, 0.25) is 0 Å². The van der Waals surface area contributed by atoms with Crippen molar-refractivity contribution in [1.82, 2.24) is 5.32 Å². The van der Waals surface area contributed by atoms with Crippen molar-refractivity contribution < 1.29 is 37.8 Å². The van der Waals surface area contributed by atoms with Gasteiger partial charge in [-0.2, -0.15) is 13.2 Å². The standard InChI is InChI=1S/C18H19F3N2O.C2H2O4/c1-12-6-8-14(9-7-12)11-22-13(2)17(24)23-16-5-3-4-15(10-16)18(19,20)21;3-1(4)2(5)6/h3-10,13,22H,11H2,1-2H3,(H,23,24);(H,3,4)(H,5,6). The van der Waals surface area contributed by atoms with Crippen molar-refractivity contribution in [2.24, 2.45) is 0 Å². The van der Waals surface area contributed by atoms with Crippen LogP contribution in [0.3, 0.4) is 0 Å². The fourth-order valence-corrected chi connectivity index (χ4v) is 2.09. The van der Waals surface area contributed by atoms with E-state index in [0.717, 1.165) is 23.3 Å². The quantitative estimate of drug-likeness (QED) is 0.546. The van der Waals surface area contributed by atoms with Gasteiger partial charge in [0.25, 0.3) is 0 Å². The predicted molar refractivity (Wildman–Crippen MR) is 103 cm³/mol. The van der Waals surface area contributed by atoms with E-state index in [4.69, 9.17) is 19.8 Å². The third kappa shape index (κ3) is 8.74. The van der Waals surface area contributed by atoms with Crippen molar-refractivity contribution in [3.05, 3.63) is 65.2 Å². The molecular weight excluding hydrogens is 405 g/mol. The van der Waals surface area contributed by atoms with E-state index in [0.29, 0.717) is 6.54 Å². The van der Waals surface area contributed by atoms with Crippen molar-refractivity contribution >= 4 is 23.5 Å². The van der Waals surface area contributed by atoms with Gasteiger partial charge in [0, 0.05) is 12.2 Å². The molecule has 0 saturated heterocycles. The molecule has 0 aliphatic carbocycles. The van der Waals surface area contributed by atoms with Gasteiger partial charge in [-0.15, -0.1) is 0 Å². The first-order valence-electron chi connectivity index (χ1n) is 8.63. The highest BCUT2D eigenvalue weighted by molar-refractivity contribution is 6.27. The molecular formula is C20H21F3N2O5. The SMILES string of the molecule is Cc1ccc(CNC(C)C(=O)Nc2cccc(C(F)(F)F)c2)cc1.O=C(O)C(=O)O. The number of amides is 1. The number of halogens is 3. The molecule has 0 bridgehead atoms. The molecule has 10 heteroatoms. The van der Waals surface area contributed by atoms with Crippen molar-refractivity contribution in [3.8, 4) is 0 Å². The van der Waals surface area contributed by atoms with Gasteiger partial charge in [0.05, 0.1) is 11.6 Å². The number of aryl methyl sites for hydroxylation is 1. The van der Waals surface area contributed by atoms with Gasteiger partial charge in [-0.3, -0.25) is 4.79 Å². The number of aliphatic carboxylic acids is 2. The number of rotatable bonds is 5. The maximum atomic E-state index is 12.7. The first-order valence-corrected chi connectivity index (χ1v) is 8.63. The number of hydrogen-bond acceptors (Lipinski definition) is 4. The molecule has 0 spiro atoms. The van der Waals surface area contributed by atoms with E-state index in [2.05, 4.69) is 10.6 Å². The lowest BCUT2D eigenvalue weighted by molar-refractivity contribution is -0.159. The number of nitrogens with one attached hydrogen (secondary N) is 2. The smallest absolute Gasteiger partial charge is 0.416 e. The van der Waals surface area contributed by atoms with E-state index in [1.807, 2.05) is 31.2 Å². The first-order chi connectivity index (χ1) is 13.9. The molecule has 30 heavy (non-hydrogen) atoms. The van der Waals surface area contributed by atoms with Crippen LogP contribution in [0.1, 0.15) is 23.6 Å². The summed E-state index contributed by atoms with van der Waals surface area (Å²) in [4.78, 5) is 30.3. The zero-order valence-electron chi connectivity index (χ0n) is 16.2. The Morgan fingerprint density at radius 2 is 1.57 bits per heavy atom. The van der Waals surface area contributed by atoms with E-state index in [1.54, 1.807) is 6.92 Å². The summed E-state index contributed by atoms with van der Waals surface area (Å²) >= 11 is 0. The molecule has 0 heterocycles. The fraction of sp³-hybridized carbons (Fsp3) is 0.250. The number of carbonyl (C=O) groups is 3. The minimum absolute atomic E-state index is 0.124. The Balaban J connectivity index is 0.000000656. The molecule has 2 aromatic rings. The lowest BCUT2D eigenvalue weighted by atomic mass is 10.1. The van der Waals surface area contributed by atoms with E-state index in [9.17, 15) is 18.0 Å². The summed E-state index contributed by atoms with van der Waals surface area (Å²) in [5.41, 5.74) is 1.51. The van der Waals surface area contributed by atoms with E-state index < -0.39 is 29.7 Å². The molecule has 2 rings (SSSR count). The number of alkyl halides is 3. The average Bonchev–Trinajstić information content (AvgIpc) is 2.67. The number of anilines is 1. The Hall–Kier alpha value is -3.40. The Kier molecular flexibility index (Phi) is 9.00. The molecule has 0 radical (unpaired) electrons. The molecule has 0 fully saturated rings. The number of hydrogen-bond donors (Lipinski definition) is 4. The monoisotopic (exact) mass is 426 g/mol. The van der Waals surface area contributed by atoms with Gasteiger partial charge < -0.3 is 20.8 Å². The molecule has 4 N–H and O–H groups in total. The Morgan fingerprint density at radius 3 is 2.07 bits per heavy atom. The van der Waals surface area contributed by atoms with Crippen LogP contribution in [0.5, 0.6) is 0 Å². The second kappa shape index (κ2) is 11.0. The molecule has 1 amide bonds. The lowest BCUT2D eigenvalue weighted by Crippen LogP contribution is -2.37. The molecule has 1 unspecified atom stereocenters. The highest BCUT2D eigenvalue weighted by atomic mass is 19.4. The van der Waals surface area contributed by atoms with Crippen molar-refractivity contribution in [2.45, 2.75) is 32.6 Å². The lowest BCUT2D eigenvalue weighted by Gasteiger charge is -2.15. The van der Waals surface area contributed by atoms with Crippen LogP contribution in [0.25, 0.3) is 0 Å². The largest absolute Gasteiger partial charge is 0.473 e.